The van der Waals surface area contributed by atoms with Crippen molar-refractivity contribution in [3.63, 3.8) is 0 Å². The third kappa shape index (κ3) is 3.16. The van der Waals surface area contributed by atoms with E-state index in [1.807, 2.05) is 54.6 Å². The second kappa shape index (κ2) is 7.12. The first-order chi connectivity index (χ1) is 13.5. The number of benzene rings is 2. The van der Waals surface area contributed by atoms with Crippen molar-refractivity contribution >= 4 is 40.0 Å². The fraction of sp³-hybridized carbons (Fsp3) is 0.200. The van der Waals surface area contributed by atoms with E-state index in [9.17, 15) is 9.59 Å². The number of nitrogens with one attached hydrogen (secondary N) is 1. The molecular weight excluding hydrogens is 374 g/mol. The largest absolute Gasteiger partial charge is 0.325 e. The number of carbonyl (C=O) groups excluding carboxylic acids is 1. The van der Waals surface area contributed by atoms with Gasteiger partial charge in [0.05, 0.1) is 16.7 Å². The average Bonchev–Trinajstić information content (AvgIpc) is 3.11. The van der Waals surface area contributed by atoms with Crippen molar-refractivity contribution in [3.8, 4) is 0 Å². The number of hydrogen-bond acceptors (Lipinski definition) is 5. The standard InChI is InChI=1S/C20H19N5O2S/c1-12-8-9-13(2)15(10-12)21-17(26)11-28-20-23-22-19-24(3)18(27)14-6-4-5-7-16(14)25(19)20/h4-10H,11H2,1-3H3,(H,21,26). The van der Waals surface area contributed by atoms with Gasteiger partial charge in [-0.3, -0.25) is 18.6 Å². The molecule has 7 nitrogen and oxygen atoms in total. The summed E-state index contributed by atoms with van der Waals surface area (Å²) in [5.41, 5.74) is 3.51. The van der Waals surface area contributed by atoms with Gasteiger partial charge in [-0.2, -0.15) is 0 Å². The molecule has 2 aromatic heterocycles. The number of aromatic nitrogens is 4. The summed E-state index contributed by atoms with van der Waals surface area (Å²) in [4.78, 5) is 24.9. The lowest BCUT2D eigenvalue weighted by molar-refractivity contribution is -0.113. The number of aryl methyl sites for hydroxylation is 3. The molecule has 1 amide bonds. The third-order valence-corrected chi connectivity index (χ3v) is 5.52. The Bertz CT molecular complexity index is 1280. The van der Waals surface area contributed by atoms with Crippen molar-refractivity contribution in [2.24, 2.45) is 7.05 Å². The lowest BCUT2D eigenvalue weighted by atomic mass is 10.1. The first-order valence-corrected chi connectivity index (χ1v) is 9.77. The van der Waals surface area contributed by atoms with E-state index in [4.69, 9.17) is 0 Å². The second-order valence-electron chi connectivity index (χ2n) is 6.65. The molecule has 0 atom stereocenters. The number of para-hydroxylation sites is 1. The summed E-state index contributed by atoms with van der Waals surface area (Å²) >= 11 is 1.29. The minimum Gasteiger partial charge on any atom is -0.325 e. The zero-order chi connectivity index (χ0) is 19.8. The van der Waals surface area contributed by atoms with Gasteiger partial charge in [-0.25, -0.2) is 0 Å². The van der Waals surface area contributed by atoms with Crippen molar-refractivity contribution in [3.05, 3.63) is 63.9 Å². The average molecular weight is 393 g/mol. The van der Waals surface area contributed by atoms with Gasteiger partial charge < -0.3 is 5.32 Å². The van der Waals surface area contributed by atoms with Crippen LogP contribution in [0.3, 0.4) is 0 Å². The molecular formula is C20H19N5O2S. The van der Waals surface area contributed by atoms with Crippen molar-refractivity contribution in [2.75, 3.05) is 11.1 Å². The lowest BCUT2D eigenvalue weighted by Gasteiger charge is -2.09. The number of rotatable bonds is 4. The van der Waals surface area contributed by atoms with E-state index < -0.39 is 0 Å². The summed E-state index contributed by atoms with van der Waals surface area (Å²) < 4.78 is 3.28. The summed E-state index contributed by atoms with van der Waals surface area (Å²) in [5, 5.41) is 12.4. The van der Waals surface area contributed by atoms with E-state index in [1.165, 1.54) is 16.3 Å². The van der Waals surface area contributed by atoms with Crippen LogP contribution in [0.5, 0.6) is 0 Å². The molecule has 4 rings (SSSR count). The molecule has 142 valence electrons. The molecule has 2 aromatic carbocycles. The van der Waals surface area contributed by atoms with Crippen molar-refractivity contribution in [1.29, 1.82) is 0 Å². The van der Waals surface area contributed by atoms with Gasteiger partial charge in [0.15, 0.2) is 5.16 Å². The minimum absolute atomic E-state index is 0.121. The third-order valence-electron chi connectivity index (χ3n) is 4.60. The molecule has 0 aliphatic rings. The number of thioether (sulfide) groups is 1. The van der Waals surface area contributed by atoms with E-state index in [1.54, 1.807) is 13.1 Å². The van der Waals surface area contributed by atoms with Gasteiger partial charge in [0.1, 0.15) is 0 Å². The second-order valence-corrected chi connectivity index (χ2v) is 7.60. The quantitative estimate of drug-likeness (QED) is 0.539. The van der Waals surface area contributed by atoms with Crippen LogP contribution < -0.4 is 10.9 Å². The molecule has 0 bridgehead atoms. The van der Waals surface area contributed by atoms with Crippen LogP contribution in [0, 0.1) is 13.8 Å². The highest BCUT2D eigenvalue weighted by molar-refractivity contribution is 7.99. The predicted molar refractivity (Wildman–Crippen MR) is 111 cm³/mol. The Hall–Kier alpha value is -3.13. The Morgan fingerprint density at radius 2 is 1.93 bits per heavy atom. The smallest absolute Gasteiger partial charge is 0.262 e. The van der Waals surface area contributed by atoms with Gasteiger partial charge in [0, 0.05) is 12.7 Å². The van der Waals surface area contributed by atoms with E-state index in [-0.39, 0.29) is 17.2 Å². The highest BCUT2D eigenvalue weighted by atomic mass is 32.2. The topological polar surface area (TPSA) is 81.3 Å². The molecule has 0 saturated carbocycles. The Morgan fingerprint density at radius 1 is 1.14 bits per heavy atom. The number of anilines is 1. The first kappa shape index (κ1) is 18.2. The maximum atomic E-state index is 12.5. The van der Waals surface area contributed by atoms with Crippen LogP contribution in [0.1, 0.15) is 11.1 Å². The van der Waals surface area contributed by atoms with E-state index in [2.05, 4.69) is 15.5 Å². The fourth-order valence-electron chi connectivity index (χ4n) is 3.09. The molecule has 28 heavy (non-hydrogen) atoms. The van der Waals surface area contributed by atoms with Gasteiger partial charge in [-0.05, 0) is 43.2 Å². The van der Waals surface area contributed by atoms with Crippen molar-refractivity contribution in [2.45, 2.75) is 19.0 Å². The van der Waals surface area contributed by atoms with Crippen LogP contribution in [-0.4, -0.2) is 30.8 Å². The molecule has 1 N–H and O–H groups in total. The van der Waals surface area contributed by atoms with Crippen LogP contribution in [0.25, 0.3) is 16.7 Å². The summed E-state index contributed by atoms with van der Waals surface area (Å²) in [6.07, 6.45) is 0. The van der Waals surface area contributed by atoms with Crippen LogP contribution in [-0.2, 0) is 11.8 Å². The molecule has 0 spiro atoms. The number of fused-ring (bicyclic) bond motifs is 3. The zero-order valence-electron chi connectivity index (χ0n) is 15.8. The zero-order valence-corrected chi connectivity index (χ0v) is 16.6. The molecule has 0 unspecified atom stereocenters. The SMILES string of the molecule is Cc1ccc(C)c(NC(=O)CSc2nnc3n(C)c(=O)c4ccccc4n23)c1. The number of hydrogen-bond donors (Lipinski definition) is 1. The van der Waals surface area contributed by atoms with E-state index >= 15 is 0 Å². The van der Waals surface area contributed by atoms with Gasteiger partial charge >= 0.3 is 0 Å². The Kier molecular flexibility index (Phi) is 4.64. The molecule has 0 aliphatic carbocycles. The fourth-order valence-corrected chi connectivity index (χ4v) is 3.83. The molecule has 2 heterocycles. The van der Waals surface area contributed by atoms with E-state index in [0.29, 0.717) is 16.3 Å². The number of nitrogens with zero attached hydrogens (tertiary/aromatic N) is 4. The first-order valence-electron chi connectivity index (χ1n) is 8.78. The molecule has 0 fully saturated rings. The van der Waals surface area contributed by atoms with Crippen molar-refractivity contribution in [1.82, 2.24) is 19.2 Å². The number of amides is 1. The predicted octanol–water partition coefficient (Wildman–Crippen LogP) is 2.93. The molecule has 0 aliphatic heterocycles. The lowest BCUT2D eigenvalue weighted by Crippen LogP contribution is -2.20. The monoisotopic (exact) mass is 393 g/mol. The molecule has 0 radical (unpaired) electrons. The normalized spacial score (nSPS) is 11.2. The van der Waals surface area contributed by atoms with Crippen LogP contribution in [0.4, 0.5) is 5.69 Å². The Balaban J connectivity index is 1.63. The highest BCUT2D eigenvalue weighted by Crippen LogP contribution is 2.22. The maximum absolute atomic E-state index is 12.5. The summed E-state index contributed by atoms with van der Waals surface area (Å²) in [5.74, 6) is 0.511. The number of carbonyl (C=O) groups is 1. The van der Waals surface area contributed by atoms with Crippen LogP contribution >= 0.6 is 11.8 Å². The highest BCUT2D eigenvalue weighted by Gasteiger charge is 2.16. The minimum atomic E-state index is -0.125. The van der Waals surface area contributed by atoms with Gasteiger partial charge in [-0.1, -0.05) is 36.0 Å². The van der Waals surface area contributed by atoms with Crippen LogP contribution in [0.2, 0.25) is 0 Å². The van der Waals surface area contributed by atoms with E-state index in [0.717, 1.165) is 22.3 Å². The summed E-state index contributed by atoms with van der Waals surface area (Å²) in [7, 11) is 1.67. The maximum Gasteiger partial charge on any atom is 0.262 e. The molecule has 4 aromatic rings. The van der Waals surface area contributed by atoms with Crippen molar-refractivity contribution < 1.29 is 4.79 Å². The summed E-state index contributed by atoms with van der Waals surface area (Å²) in [6.45, 7) is 3.95. The molecule has 8 heteroatoms. The Morgan fingerprint density at radius 3 is 2.75 bits per heavy atom. The van der Waals surface area contributed by atoms with Gasteiger partial charge in [-0.15, -0.1) is 10.2 Å². The van der Waals surface area contributed by atoms with Crippen LogP contribution in [0.15, 0.2) is 52.4 Å². The van der Waals surface area contributed by atoms with Gasteiger partial charge in [0.2, 0.25) is 11.7 Å². The summed E-state index contributed by atoms with van der Waals surface area (Å²) in [6, 6.07) is 13.3. The van der Waals surface area contributed by atoms with Gasteiger partial charge in [0.25, 0.3) is 5.56 Å². The Labute approximate surface area is 165 Å². The molecule has 0 saturated heterocycles.